The number of rotatable bonds is 17. The van der Waals surface area contributed by atoms with Crippen molar-refractivity contribution in [3.63, 3.8) is 0 Å². The zero-order valence-corrected chi connectivity index (χ0v) is 17.4. The first kappa shape index (κ1) is 22.3. The van der Waals surface area contributed by atoms with Crippen molar-refractivity contribution in [2.75, 3.05) is 0 Å². The minimum Gasteiger partial charge on any atom is -0.348 e. The summed E-state index contributed by atoms with van der Waals surface area (Å²) in [6, 6.07) is 0. The van der Waals surface area contributed by atoms with Gasteiger partial charge in [-0.25, -0.2) is 4.98 Å². The van der Waals surface area contributed by atoms with Crippen molar-refractivity contribution >= 4 is 0 Å². The molecule has 0 spiro atoms. The molecule has 1 atom stereocenters. The molecular formula is C23H44N2. The van der Waals surface area contributed by atoms with E-state index in [1.165, 1.54) is 109 Å². The molecule has 0 aliphatic heterocycles. The molecule has 2 nitrogen and oxygen atoms in total. The molecule has 0 aliphatic carbocycles. The van der Waals surface area contributed by atoms with Gasteiger partial charge in [-0.05, 0) is 12.8 Å². The van der Waals surface area contributed by atoms with E-state index in [-0.39, 0.29) is 5.41 Å². The Labute approximate surface area is 157 Å². The number of imidazole rings is 1. The highest BCUT2D eigenvalue weighted by Crippen LogP contribution is 2.33. The predicted molar refractivity (Wildman–Crippen MR) is 111 cm³/mol. The van der Waals surface area contributed by atoms with E-state index >= 15 is 0 Å². The van der Waals surface area contributed by atoms with E-state index in [1.54, 1.807) is 0 Å². The predicted octanol–water partition coefficient (Wildman–Crippen LogP) is 7.95. The fourth-order valence-corrected chi connectivity index (χ4v) is 3.90. The van der Waals surface area contributed by atoms with Crippen molar-refractivity contribution in [1.82, 2.24) is 9.97 Å². The minimum absolute atomic E-state index is 0.247. The number of unbranched alkanes of at least 4 members (excludes halogenated alkanes) is 12. The normalized spacial score (nSPS) is 13.9. The number of H-pyrrole nitrogens is 1. The van der Waals surface area contributed by atoms with E-state index in [2.05, 4.69) is 30.7 Å². The van der Waals surface area contributed by atoms with Crippen molar-refractivity contribution in [2.45, 2.75) is 129 Å². The summed E-state index contributed by atoms with van der Waals surface area (Å²) in [5.41, 5.74) is 0.247. The van der Waals surface area contributed by atoms with Crippen LogP contribution in [0, 0.1) is 0 Å². The Morgan fingerprint density at radius 1 is 0.720 bits per heavy atom. The zero-order valence-electron chi connectivity index (χ0n) is 17.4. The van der Waals surface area contributed by atoms with Gasteiger partial charge in [0.1, 0.15) is 5.82 Å². The van der Waals surface area contributed by atoms with Gasteiger partial charge >= 0.3 is 0 Å². The van der Waals surface area contributed by atoms with Crippen LogP contribution in [0.4, 0.5) is 0 Å². The lowest BCUT2D eigenvalue weighted by Gasteiger charge is -2.28. The second-order valence-corrected chi connectivity index (χ2v) is 8.24. The molecule has 1 rings (SSSR count). The maximum atomic E-state index is 4.60. The molecular weight excluding hydrogens is 304 g/mol. The maximum Gasteiger partial charge on any atom is 0.111 e. The molecule has 1 heterocycles. The first-order valence-electron chi connectivity index (χ1n) is 11.2. The van der Waals surface area contributed by atoms with E-state index in [1.807, 2.05) is 12.4 Å². The Bertz CT molecular complexity index is 385. The van der Waals surface area contributed by atoms with Gasteiger partial charge in [0.2, 0.25) is 0 Å². The number of aromatic amines is 1. The highest BCUT2D eigenvalue weighted by Gasteiger charge is 2.28. The number of nitrogens with zero attached hydrogens (tertiary/aromatic N) is 1. The van der Waals surface area contributed by atoms with E-state index in [9.17, 15) is 0 Å². The fraction of sp³-hybridized carbons (Fsp3) is 0.870. The number of nitrogens with one attached hydrogen (secondary N) is 1. The molecule has 1 aromatic heterocycles. The van der Waals surface area contributed by atoms with Gasteiger partial charge in [0.05, 0.1) is 0 Å². The third kappa shape index (κ3) is 10.1. The summed E-state index contributed by atoms with van der Waals surface area (Å²) in [5.74, 6) is 1.21. The van der Waals surface area contributed by atoms with Crippen molar-refractivity contribution in [1.29, 1.82) is 0 Å². The third-order valence-electron chi connectivity index (χ3n) is 5.73. The molecule has 0 saturated carbocycles. The third-order valence-corrected chi connectivity index (χ3v) is 5.73. The molecule has 0 fully saturated rings. The zero-order chi connectivity index (χ0) is 18.2. The minimum atomic E-state index is 0.247. The summed E-state index contributed by atoms with van der Waals surface area (Å²) in [7, 11) is 0. The van der Waals surface area contributed by atoms with Gasteiger partial charge in [-0.3, -0.25) is 0 Å². The van der Waals surface area contributed by atoms with Crippen molar-refractivity contribution < 1.29 is 0 Å². The standard InChI is InChI=1S/C23H44N2/c1-4-6-8-10-11-12-13-14-15-17-19-23(3,18-16-9-7-5-2)22-24-20-21-25-22/h20-21H,4-19H2,1-3H3,(H,24,25). The number of aromatic nitrogens is 2. The molecule has 0 aromatic carbocycles. The summed E-state index contributed by atoms with van der Waals surface area (Å²) in [6.45, 7) is 7.00. The van der Waals surface area contributed by atoms with Crippen LogP contribution >= 0.6 is 0 Å². The van der Waals surface area contributed by atoms with Gasteiger partial charge in [0.25, 0.3) is 0 Å². The molecule has 0 radical (unpaired) electrons. The van der Waals surface area contributed by atoms with Gasteiger partial charge in [-0.1, -0.05) is 111 Å². The first-order chi connectivity index (χ1) is 12.2. The molecule has 0 aliphatic rings. The van der Waals surface area contributed by atoms with Crippen LogP contribution in [0.3, 0.4) is 0 Å². The van der Waals surface area contributed by atoms with Gasteiger partial charge in [0, 0.05) is 17.8 Å². The fourth-order valence-electron chi connectivity index (χ4n) is 3.90. The topological polar surface area (TPSA) is 28.7 Å². The second-order valence-electron chi connectivity index (χ2n) is 8.24. The summed E-state index contributed by atoms with van der Waals surface area (Å²) in [5, 5.41) is 0. The SMILES string of the molecule is CCCCCCCCCCCCC(C)(CCCCCC)c1ncc[nH]1. The van der Waals surface area contributed by atoms with Crippen LogP contribution in [0.2, 0.25) is 0 Å². The Morgan fingerprint density at radius 2 is 1.16 bits per heavy atom. The van der Waals surface area contributed by atoms with Gasteiger partial charge < -0.3 is 4.98 Å². The summed E-state index contributed by atoms with van der Waals surface area (Å²) >= 11 is 0. The first-order valence-corrected chi connectivity index (χ1v) is 11.2. The van der Waals surface area contributed by atoms with Crippen LogP contribution in [0.1, 0.15) is 129 Å². The van der Waals surface area contributed by atoms with Gasteiger partial charge in [0.15, 0.2) is 0 Å². The largest absolute Gasteiger partial charge is 0.348 e. The second kappa shape index (κ2) is 14.4. The van der Waals surface area contributed by atoms with E-state index < -0.39 is 0 Å². The van der Waals surface area contributed by atoms with Crippen molar-refractivity contribution in [3.8, 4) is 0 Å². The highest BCUT2D eigenvalue weighted by molar-refractivity contribution is 5.06. The molecule has 0 saturated heterocycles. The lowest BCUT2D eigenvalue weighted by atomic mass is 9.79. The lowest BCUT2D eigenvalue weighted by molar-refractivity contribution is 0.347. The van der Waals surface area contributed by atoms with Crippen molar-refractivity contribution in [3.05, 3.63) is 18.2 Å². The molecule has 2 heteroatoms. The van der Waals surface area contributed by atoms with Crippen LogP contribution in [0.5, 0.6) is 0 Å². The number of hydrogen-bond donors (Lipinski definition) is 1. The molecule has 0 amide bonds. The average Bonchev–Trinajstić information content (AvgIpc) is 3.16. The lowest BCUT2D eigenvalue weighted by Crippen LogP contribution is -2.23. The van der Waals surface area contributed by atoms with Crippen LogP contribution in [-0.2, 0) is 5.41 Å². The van der Waals surface area contributed by atoms with Gasteiger partial charge in [-0.15, -0.1) is 0 Å². The average molecular weight is 349 g/mol. The van der Waals surface area contributed by atoms with Crippen LogP contribution < -0.4 is 0 Å². The maximum absolute atomic E-state index is 4.60. The van der Waals surface area contributed by atoms with E-state index in [0.717, 1.165) is 0 Å². The van der Waals surface area contributed by atoms with Gasteiger partial charge in [-0.2, -0.15) is 0 Å². The summed E-state index contributed by atoms with van der Waals surface area (Å²) in [4.78, 5) is 7.99. The number of hydrogen-bond acceptors (Lipinski definition) is 1. The smallest absolute Gasteiger partial charge is 0.111 e. The van der Waals surface area contributed by atoms with E-state index in [4.69, 9.17) is 0 Å². The molecule has 146 valence electrons. The van der Waals surface area contributed by atoms with Crippen LogP contribution in [0.25, 0.3) is 0 Å². The van der Waals surface area contributed by atoms with E-state index in [0.29, 0.717) is 0 Å². The summed E-state index contributed by atoms with van der Waals surface area (Å²) in [6.07, 6.45) is 26.0. The summed E-state index contributed by atoms with van der Waals surface area (Å²) < 4.78 is 0. The van der Waals surface area contributed by atoms with Crippen LogP contribution in [0.15, 0.2) is 12.4 Å². The quantitative estimate of drug-likeness (QED) is 0.284. The molecule has 1 unspecified atom stereocenters. The Hall–Kier alpha value is -0.790. The Balaban J connectivity index is 2.18. The van der Waals surface area contributed by atoms with Crippen molar-refractivity contribution in [2.24, 2.45) is 0 Å². The van der Waals surface area contributed by atoms with Crippen LogP contribution in [-0.4, -0.2) is 9.97 Å². The Morgan fingerprint density at radius 3 is 1.60 bits per heavy atom. The molecule has 0 bridgehead atoms. The Kier molecular flexibility index (Phi) is 12.8. The molecule has 1 aromatic rings. The molecule has 1 N–H and O–H groups in total. The monoisotopic (exact) mass is 348 g/mol. The molecule has 25 heavy (non-hydrogen) atoms. The highest BCUT2D eigenvalue weighted by atomic mass is 14.9.